The summed E-state index contributed by atoms with van der Waals surface area (Å²) in [5.41, 5.74) is -0.312. The molecular weight excluding hydrogens is 304 g/mol. The molecule has 1 aliphatic rings. The molecule has 0 bridgehead atoms. The van der Waals surface area contributed by atoms with E-state index in [1.54, 1.807) is 27.7 Å². The van der Waals surface area contributed by atoms with Crippen LogP contribution in [0.3, 0.4) is 0 Å². The summed E-state index contributed by atoms with van der Waals surface area (Å²) >= 11 is 0. The van der Waals surface area contributed by atoms with Crippen LogP contribution in [0.1, 0.15) is 34.6 Å². The van der Waals surface area contributed by atoms with E-state index in [-0.39, 0.29) is 31.2 Å². The van der Waals surface area contributed by atoms with Gasteiger partial charge in [0.05, 0.1) is 6.54 Å². The molecule has 1 heterocycles. The first-order valence-electron chi connectivity index (χ1n) is 7.13. The van der Waals surface area contributed by atoms with Gasteiger partial charge in [-0.25, -0.2) is 4.79 Å². The predicted molar refractivity (Wildman–Crippen MR) is 79.9 cm³/mol. The number of ether oxygens (including phenoxy) is 2. The number of likely N-dealkylation sites (tertiary alicyclic amines) is 1. The van der Waals surface area contributed by atoms with Crippen molar-refractivity contribution in [2.45, 2.75) is 46.3 Å². The first kappa shape index (κ1) is 18.7. The second kappa shape index (κ2) is 7.26. The predicted octanol–water partition coefficient (Wildman–Crippen LogP) is 0.122. The van der Waals surface area contributed by atoms with E-state index in [2.05, 4.69) is 10.1 Å². The normalized spacial score (nSPS) is 18.6. The molecule has 128 valence electrons. The van der Waals surface area contributed by atoms with E-state index < -0.39 is 23.5 Å². The van der Waals surface area contributed by atoms with Gasteiger partial charge in [-0.3, -0.25) is 14.4 Å². The minimum absolute atomic E-state index is 0.0355. The lowest BCUT2D eigenvalue weighted by atomic mass is 10.0. The van der Waals surface area contributed by atoms with Gasteiger partial charge < -0.3 is 19.7 Å². The number of esters is 1. The molecule has 8 nitrogen and oxygen atoms in total. The molecule has 1 rings (SSSR count). The van der Waals surface area contributed by atoms with Gasteiger partial charge in [0.1, 0.15) is 23.9 Å². The van der Waals surface area contributed by atoms with Crippen molar-refractivity contribution in [2.24, 2.45) is 0 Å². The van der Waals surface area contributed by atoms with Crippen LogP contribution in [0.15, 0.2) is 11.3 Å². The molecule has 0 radical (unpaired) electrons. The Morgan fingerprint density at radius 1 is 1.35 bits per heavy atom. The van der Waals surface area contributed by atoms with E-state index in [9.17, 15) is 19.2 Å². The number of carbonyl (C=O) groups is 4. The fraction of sp³-hybridized carbons (Fsp3) is 0.600. The number of β-lactam (4-membered cyclic amide) rings is 1. The minimum Gasteiger partial charge on any atom is -0.463 e. The number of nitrogens with one attached hydrogen (secondary N) is 1. The highest BCUT2D eigenvalue weighted by molar-refractivity contribution is 6.00. The maximum atomic E-state index is 12.4. The van der Waals surface area contributed by atoms with E-state index in [1.165, 1.54) is 11.8 Å². The molecule has 1 unspecified atom stereocenters. The molecule has 23 heavy (non-hydrogen) atoms. The molecule has 0 saturated carbocycles. The van der Waals surface area contributed by atoms with Crippen LogP contribution in [0.4, 0.5) is 0 Å². The summed E-state index contributed by atoms with van der Waals surface area (Å²) < 4.78 is 9.95. The molecule has 1 N–H and O–H groups in total. The highest BCUT2D eigenvalue weighted by Crippen LogP contribution is 2.24. The number of hydrogen-bond donors (Lipinski definition) is 1. The Morgan fingerprint density at radius 2 is 1.96 bits per heavy atom. The second-order valence-electron chi connectivity index (χ2n) is 6.24. The van der Waals surface area contributed by atoms with Crippen molar-refractivity contribution in [1.82, 2.24) is 10.2 Å². The van der Waals surface area contributed by atoms with Crippen molar-refractivity contribution < 1.29 is 28.7 Å². The number of amides is 2. The number of hydrogen-bond acceptors (Lipinski definition) is 6. The Balaban J connectivity index is 2.98. The van der Waals surface area contributed by atoms with Crippen LogP contribution < -0.4 is 5.32 Å². The number of nitrogens with zero attached hydrogens (tertiary/aromatic N) is 1. The molecular formula is C15H22N2O6. The van der Waals surface area contributed by atoms with Crippen LogP contribution in [0.25, 0.3) is 0 Å². The van der Waals surface area contributed by atoms with Gasteiger partial charge >= 0.3 is 5.97 Å². The Kier molecular flexibility index (Phi) is 5.89. The van der Waals surface area contributed by atoms with E-state index in [0.717, 1.165) is 0 Å². The summed E-state index contributed by atoms with van der Waals surface area (Å²) in [7, 11) is 0. The van der Waals surface area contributed by atoms with Gasteiger partial charge in [-0.05, 0) is 33.3 Å². The Bertz CT molecular complexity index is 547. The number of carbonyl (C=O) groups excluding carboxylic acids is 4. The van der Waals surface area contributed by atoms with Gasteiger partial charge in [-0.2, -0.15) is 0 Å². The maximum Gasteiger partial charge on any atom is 0.355 e. The van der Waals surface area contributed by atoms with Crippen LogP contribution in [-0.2, 0) is 28.7 Å². The quantitative estimate of drug-likeness (QED) is 0.322. The zero-order valence-corrected chi connectivity index (χ0v) is 14.0. The van der Waals surface area contributed by atoms with Crippen molar-refractivity contribution >= 4 is 24.3 Å². The van der Waals surface area contributed by atoms with Crippen molar-refractivity contribution in [3.63, 3.8) is 0 Å². The topological polar surface area (TPSA) is 102 Å². The van der Waals surface area contributed by atoms with Crippen LogP contribution in [-0.4, -0.2) is 54.0 Å². The largest absolute Gasteiger partial charge is 0.463 e. The van der Waals surface area contributed by atoms with Gasteiger partial charge in [0.25, 0.3) is 12.4 Å². The molecule has 0 aromatic rings. The molecule has 1 atom stereocenters. The van der Waals surface area contributed by atoms with E-state index in [4.69, 9.17) is 4.74 Å². The van der Waals surface area contributed by atoms with Gasteiger partial charge in [0, 0.05) is 6.92 Å². The lowest BCUT2D eigenvalue weighted by molar-refractivity contribution is -0.158. The summed E-state index contributed by atoms with van der Waals surface area (Å²) in [4.78, 5) is 47.1. The lowest BCUT2D eigenvalue weighted by Gasteiger charge is -2.40. The molecule has 2 amide bonds. The molecule has 1 aliphatic heterocycles. The zero-order valence-electron chi connectivity index (χ0n) is 14.0. The van der Waals surface area contributed by atoms with Crippen LogP contribution in [0.5, 0.6) is 0 Å². The maximum absolute atomic E-state index is 12.4. The molecule has 0 spiro atoms. The summed E-state index contributed by atoms with van der Waals surface area (Å²) in [6.45, 7) is 8.28. The standard InChI is InChI=1S/C15H22N2O6/c1-9(7-22-8-18)12(14(21)23-15(3,4)5)17-6-11(13(17)20)16-10(2)19/h8,11H,6-7H2,1-5H3,(H,16,19). The summed E-state index contributed by atoms with van der Waals surface area (Å²) in [6, 6.07) is -0.662. The number of rotatable bonds is 6. The van der Waals surface area contributed by atoms with Gasteiger partial charge in [0.15, 0.2) is 0 Å². The fourth-order valence-electron chi connectivity index (χ4n) is 2.05. The van der Waals surface area contributed by atoms with Gasteiger partial charge in [-0.1, -0.05) is 0 Å². The fourth-order valence-corrected chi connectivity index (χ4v) is 2.05. The van der Waals surface area contributed by atoms with E-state index in [1.807, 2.05) is 0 Å². The van der Waals surface area contributed by atoms with Gasteiger partial charge in [0.2, 0.25) is 5.91 Å². The highest BCUT2D eigenvalue weighted by Gasteiger charge is 2.43. The van der Waals surface area contributed by atoms with E-state index >= 15 is 0 Å². The second-order valence-corrected chi connectivity index (χ2v) is 6.24. The minimum atomic E-state index is -0.737. The zero-order chi connectivity index (χ0) is 17.8. The molecule has 8 heteroatoms. The van der Waals surface area contributed by atoms with Crippen molar-refractivity contribution in [1.29, 1.82) is 0 Å². The third-order valence-corrected chi connectivity index (χ3v) is 2.94. The summed E-state index contributed by atoms with van der Waals surface area (Å²) in [5.74, 6) is -1.42. The third kappa shape index (κ3) is 5.08. The first-order valence-corrected chi connectivity index (χ1v) is 7.13. The first-order chi connectivity index (χ1) is 10.6. The molecule has 0 aliphatic carbocycles. The van der Waals surface area contributed by atoms with Gasteiger partial charge in [-0.15, -0.1) is 0 Å². The molecule has 1 saturated heterocycles. The lowest BCUT2D eigenvalue weighted by Crippen LogP contribution is -2.64. The highest BCUT2D eigenvalue weighted by atomic mass is 16.6. The summed E-state index contributed by atoms with van der Waals surface area (Å²) in [5, 5.41) is 2.49. The molecule has 1 fully saturated rings. The van der Waals surface area contributed by atoms with Crippen LogP contribution >= 0.6 is 0 Å². The smallest absolute Gasteiger partial charge is 0.355 e. The Hall–Kier alpha value is -2.38. The van der Waals surface area contributed by atoms with Crippen LogP contribution in [0.2, 0.25) is 0 Å². The monoisotopic (exact) mass is 326 g/mol. The van der Waals surface area contributed by atoms with Crippen LogP contribution in [0, 0.1) is 0 Å². The summed E-state index contributed by atoms with van der Waals surface area (Å²) in [6.07, 6.45) is 0. The molecule has 0 aromatic heterocycles. The molecule has 0 aromatic carbocycles. The third-order valence-electron chi connectivity index (χ3n) is 2.94. The average Bonchev–Trinajstić information content (AvgIpc) is 2.40. The average molecular weight is 326 g/mol. The van der Waals surface area contributed by atoms with Crippen molar-refractivity contribution in [3.8, 4) is 0 Å². The Morgan fingerprint density at radius 3 is 2.39 bits per heavy atom. The van der Waals surface area contributed by atoms with E-state index in [0.29, 0.717) is 5.57 Å². The van der Waals surface area contributed by atoms with Crippen molar-refractivity contribution in [3.05, 3.63) is 11.3 Å². The van der Waals surface area contributed by atoms with Crippen molar-refractivity contribution in [2.75, 3.05) is 13.2 Å². The SMILES string of the molecule is CC(=O)NC1CN(C(C(=O)OC(C)(C)C)=C(C)COC=O)C1=O. The Labute approximate surface area is 134 Å².